The Labute approximate surface area is 271 Å². The summed E-state index contributed by atoms with van der Waals surface area (Å²) in [5.74, 6) is 0.898. The summed E-state index contributed by atoms with van der Waals surface area (Å²) in [7, 11) is 0. The molecule has 1 aliphatic heterocycles. The molecule has 1 aliphatic rings. The van der Waals surface area contributed by atoms with E-state index in [1.165, 1.54) is 55.1 Å². The van der Waals surface area contributed by atoms with Crippen LogP contribution in [-0.4, -0.2) is 11.1 Å². The summed E-state index contributed by atoms with van der Waals surface area (Å²) >= 11 is 0. The van der Waals surface area contributed by atoms with Crippen LogP contribution in [-0.2, 0) is 0 Å². The first kappa shape index (κ1) is 28.5. The van der Waals surface area contributed by atoms with Crippen molar-refractivity contribution in [3.8, 4) is 5.69 Å². The Balaban J connectivity index is 1.20. The van der Waals surface area contributed by atoms with Crippen molar-refractivity contribution in [2.75, 3.05) is 11.4 Å². The van der Waals surface area contributed by atoms with Crippen LogP contribution in [0.2, 0.25) is 0 Å². The number of hydrogen-bond donors (Lipinski definition) is 0. The molecule has 3 heterocycles. The van der Waals surface area contributed by atoms with E-state index in [1.807, 2.05) is 0 Å². The lowest BCUT2D eigenvalue weighted by atomic mass is 9.83. The highest BCUT2D eigenvalue weighted by atomic mass is 16.3. The first-order valence-electron chi connectivity index (χ1n) is 16.7. The molecule has 0 N–H and O–H groups in total. The molecule has 0 radical (unpaired) electrons. The zero-order chi connectivity index (χ0) is 31.2. The summed E-state index contributed by atoms with van der Waals surface area (Å²) in [6, 6.07) is 41.8. The Morgan fingerprint density at radius 2 is 1.48 bits per heavy atom. The van der Waals surface area contributed by atoms with Gasteiger partial charge in [0.15, 0.2) is 5.58 Å². The molecule has 3 heteroatoms. The molecule has 2 aromatic heterocycles. The maximum Gasteiger partial charge on any atom is 0.159 e. The molecule has 7 aromatic rings. The third kappa shape index (κ3) is 4.73. The van der Waals surface area contributed by atoms with Crippen LogP contribution in [0.25, 0.3) is 49.4 Å². The predicted molar refractivity (Wildman–Crippen MR) is 195 cm³/mol. The second kappa shape index (κ2) is 11.7. The van der Waals surface area contributed by atoms with Gasteiger partial charge in [0.05, 0.1) is 16.7 Å². The van der Waals surface area contributed by atoms with Gasteiger partial charge in [0.1, 0.15) is 5.58 Å². The van der Waals surface area contributed by atoms with Gasteiger partial charge < -0.3 is 13.9 Å². The molecule has 2 unspecified atom stereocenters. The lowest BCUT2D eigenvalue weighted by Gasteiger charge is -2.28. The average Bonchev–Trinajstić information content (AvgIpc) is 3.65. The molecule has 0 saturated heterocycles. The van der Waals surface area contributed by atoms with Crippen molar-refractivity contribution in [1.82, 2.24) is 4.57 Å². The van der Waals surface area contributed by atoms with Crippen molar-refractivity contribution in [2.45, 2.75) is 46.0 Å². The highest BCUT2D eigenvalue weighted by Gasteiger charge is 2.26. The highest BCUT2D eigenvalue weighted by molar-refractivity contribution is 6.10. The third-order valence-electron chi connectivity index (χ3n) is 10.2. The van der Waals surface area contributed by atoms with Crippen LogP contribution < -0.4 is 4.90 Å². The molecule has 3 nitrogen and oxygen atoms in total. The summed E-state index contributed by atoms with van der Waals surface area (Å²) in [4.78, 5) is 2.52. The number of rotatable bonds is 4. The fraction of sp³-hybridized carbons (Fsp3) is 0.209. The van der Waals surface area contributed by atoms with Crippen molar-refractivity contribution in [3.63, 3.8) is 0 Å². The number of nitrogens with zero attached hydrogens (tertiary/aromatic N) is 2. The number of fused-ring (bicyclic) bond motifs is 6. The van der Waals surface area contributed by atoms with E-state index in [1.54, 1.807) is 0 Å². The lowest BCUT2D eigenvalue weighted by Crippen LogP contribution is -2.24. The molecule has 0 amide bonds. The molecule has 5 aromatic carbocycles. The molecule has 0 aliphatic carbocycles. The van der Waals surface area contributed by atoms with Gasteiger partial charge in [-0.3, -0.25) is 0 Å². The number of aromatic nitrogens is 1. The first-order chi connectivity index (χ1) is 22.6. The van der Waals surface area contributed by atoms with Crippen LogP contribution in [0.4, 0.5) is 5.69 Å². The molecular weight excluding hydrogens is 560 g/mol. The van der Waals surface area contributed by atoms with Crippen molar-refractivity contribution in [2.24, 2.45) is 5.92 Å². The standard InChI is InChI=1S/C43H40N2O/c1-4-14-38-30(3)29(2)27-31(15-13-26-44(38)41-22-12-20-36-35-19-9-11-23-42(35)46-43(36)41)32-24-25-40-37(28-32)34-18-8-10-21-39(34)45(40)33-16-6-5-7-17-33/h4-12,14,16-25,28-29,31H,13,15,26-27H2,1-3H3/b14-4-,38-30-. The topological polar surface area (TPSA) is 21.3 Å². The summed E-state index contributed by atoms with van der Waals surface area (Å²) in [6.07, 6.45) is 7.84. The minimum absolute atomic E-state index is 0.424. The van der Waals surface area contributed by atoms with Gasteiger partial charge in [0.2, 0.25) is 0 Å². The molecule has 0 spiro atoms. The number of para-hydroxylation sites is 4. The van der Waals surface area contributed by atoms with Crippen LogP contribution in [0.3, 0.4) is 0 Å². The van der Waals surface area contributed by atoms with Crippen LogP contribution in [0.1, 0.15) is 51.5 Å². The molecule has 0 fully saturated rings. The summed E-state index contributed by atoms with van der Waals surface area (Å²) in [5, 5.41) is 5.01. The monoisotopic (exact) mass is 600 g/mol. The number of benzene rings is 5. The van der Waals surface area contributed by atoms with Crippen molar-refractivity contribution < 1.29 is 4.42 Å². The Kier molecular flexibility index (Phi) is 7.25. The average molecular weight is 601 g/mol. The van der Waals surface area contributed by atoms with Gasteiger partial charge in [-0.25, -0.2) is 0 Å². The van der Waals surface area contributed by atoms with E-state index in [-0.39, 0.29) is 0 Å². The van der Waals surface area contributed by atoms with E-state index in [0.717, 1.165) is 42.7 Å². The van der Waals surface area contributed by atoms with Gasteiger partial charge in [-0.2, -0.15) is 0 Å². The zero-order valence-electron chi connectivity index (χ0n) is 26.9. The molecule has 228 valence electrons. The summed E-state index contributed by atoms with van der Waals surface area (Å²) in [6.45, 7) is 7.81. The Hall–Kier alpha value is -5.02. The molecule has 2 atom stereocenters. The predicted octanol–water partition coefficient (Wildman–Crippen LogP) is 11.9. The number of allylic oxidation sites excluding steroid dienone is 3. The molecule has 8 rings (SSSR count). The zero-order valence-corrected chi connectivity index (χ0v) is 26.9. The van der Waals surface area contributed by atoms with E-state index in [0.29, 0.717) is 11.8 Å². The minimum atomic E-state index is 0.424. The van der Waals surface area contributed by atoms with Crippen molar-refractivity contribution in [3.05, 3.63) is 144 Å². The SMILES string of the molecule is C/C=C\C1=C(/C)C(C)CC(c2ccc3c(c2)c2ccccc2n3-c2ccccc2)CCCN1c1cccc2c1oc1ccccc12. The van der Waals surface area contributed by atoms with E-state index >= 15 is 0 Å². The Morgan fingerprint density at radius 1 is 0.739 bits per heavy atom. The number of anilines is 1. The highest BCUT2D eigenvalue weighted by Crippen LogP contribution is 2.42. The van der Waals surface area contributed by atoms with E-state index < -0.39 is 0 Å². The number of hydrogen-bond acceptors (Lipinski definition) is 2. The molecule has 0 saturated carbocycles. The quantitative estimate of drug-likeness (QED) is 0.200. The third-order valence-corrected chi connectivity index (χ3v) is 10.2. The van der Waals surface area contributed by atoms with Crippen molar-refractivity contribution in [1.29, 1.82) is 0 Å². The minimum Gasteiger partial charge on any atom is -0.454 e. The van der Waals surface area contributed by atoms with Crippen molar-refractivity contribution >= 4 is 49.4 Å². The largest absolute Gasteiger partial charge is 0.454 e. The van der Waals surface area contributed by atoms with E-state index in [4.69, 9.17) is 4.42 Å². The summed E-state index contributed by atoms with van der Waals surface area (Å²) < 4.78 is 8.95. The molecular formula is C43H40N2O. The second-order valence-corrected chi connectivity index (χ2v) is 12.9. The normalized spacial score (nSPS) is 19.8. The summed E-state index contributed by atoms with van der Waals surface area (Å²) in [5.41, 5.74) is 11.0. The Morgan fingerprint density at radius 3 is 2.33 bits per heavy atom. The second-order valence-electron chi connectivity index (χ2n) is 12.9. The fourth-order valence-corrected chi connectivity index (χ4v) is 7.78. The van der Waals surface area contributed by atoms with Crippen LogP contribution in [0.5, 0.6) is 0 Å². The van der Waals surface area contributed by atoms with Crippen LogP contribution >= 0.6 is 0 Å². The number of furan rings is 1. The van der Waals surface area contributed by atoms with Gasteiger partial charge in [0.25, 0.3) is 0 Å². The Bertz CT molecular complexity index is 2270. The smallest absolute Gasteiger partial charge is 0.159 e. The molecule has 46 heavy (non-hydrogen) atoms. The maximum atomic E-state index is 6.54. The molecule has 0 bridgehead atoms. The van der Waals surface area contributed by atoms with E-state index in [2.05, 4.69) is 158 Å². The van der Waals surface area contributed by atoms with Gasteiger partial charge in [-0.1, -0.05) is 85.8 Å². The van der Waals surface area contributed by atoms with Crippen LogP contribution in [0, 0.1) is 5.92 Å². The van der Waals surface area contributed by atoms with E-state index in [9.17, 15) is 0 Å². The first-order valence-corrected chi connectivity index (χ1v) is 16.7. The maximum absolute atomic E-state index is 6.54. The van der Waals surface area contributed by atoms with Gasteiger partial charge >= 0.3 is 0 Å². The fourth-order valence-electron chi connectivity index (χ4n) is 7.78. The van der Waals surface area contributed by atoms with Gasteiger partial charge in [-0.15, -0.1) is 0 Å². The lowest BCUT2D eigenvalue weighted by molar-refractivity contribution is 0.488. The van der Waals surface area contributed by atoms with Gasteiger partial charge in [0, 0.05) is 39.5 Å². The van der Waals surface area contributed by atoms with Crippen LogP contribution in [0.15, 0.2) is 143 Å². The van der Waals surface area contributed by atoms with Gasteiger partial charge in [-0.05, 0) is 105 Å².